The average Bonchev–Trinajstić information content (AvgIpc) is 3.45. The monoisotopic (exact) mass is 443 g/mol. The zero-order valence-corrected chi connectivity index (χ0v) is 19.2. The molecule has 33 heavy (non-hydrogen) atoms. The van der Waals surface area contributed by atoms with Gasteiger partial charge in [0.2, 0.25) is 0 Å². The number of piperidine rings is 1. The van der Waals surface area contributed by atoms with Crippen molar-refractivity contribution in [1.29, 1.82) is 0 Å². The molecular formula is C27H29N3O3. The van der Waals surface area contributed by atoms with Gasteiger partial charge in [-0.1, -0.05) is 23.8 Å². The van der Waals surface area contributed by atoms with Crippen LogP contribution in [0.15, 0.2) is 59.5 Å². The van der Waals surface area contributed by atoms with E-state index in [9.17, 15) is 9.59 Å². The van der Waals surface area contributed by atoms with Crippen LogP contribution in [0, 0.1) is 19.8 Å². The Morgan fingerprint density at radius 3 is 2.61 bits per heavy atom. The van der Waals surface area contributed by atoms with Gasteiger partial charge in [0.15, 0.2) is 5.43 Å². The van der Waals surface area contributed by atoms with E-state index in [1.54, 1.807) is 12.3 Å². The zero-order chi connectivity index (χ0) is 22.9. The largest absolute Gasteiger partial charge is 0.487 e. The van der Waals surface area contributed by atoms with E-state index < -0.39 is 0 Å². The number of amides is 1. The van der Waals surface area contributed by atoms with Crippen LogP contribution in [0.1, 0.15) is 52.3 Å². The number of hydrogen-bond donors (Lipinski definition) is 0. The van der Waals surface area contributed by atoms with Crippen molar-refractivity contribution in [3.8, 4) is 5.75 Å². The SMILES string of the molecule is Cc1ccc(OCc2c(C(=O)N3CC4CCC3C4)c(=O)cc(C)n2Cc2ccccn2)cc1. The van der Waals surface area contributed by atoms with Gasteiger partial charge in [0.25, 0.3) is 5.91 Å². The summed E-state index contributed by atoms with van der Waals surface area (Å²) in [5.41, 5.74) is 3.40. The van der Waals surface area contributed by atoms with Crippen LogP contribution in [-0.2, 0) is 13.2 Å². The lowest BCUT2D eigenvalue weighted by Gasteiger charge is -2.28. The number of aryl methyl sites for hydroxylation is 2. The minimum absolute atomic E-state index is 0.135. The van der Waals surface area contributed by atoms with Crippen LogP contribution in [0.25, 0.3) is 0 Å². The zero-order valence-electron chi connectivity index (χ0n) is 19.2. The molecule has 1 saturated carbocycles. The van der Waals surface area contributed by atoms with Gasteiger partial charge < -0.3 is 14.2 Å². The summed E-state index contributed by atoms with van der Waals surface area (Å²) in [6.45, 7) is 5.26. The second-order valence-electron chi connectivity index (χ2n) is 9.27. The number of aromatic nitrogens is 2. The maximum Gasteiger partial charge on any atom is 0.260 e. The van der Waals surface area contributed by atoms with E-state index in [1.165, 1.54) is 6.42 Å². The summed E-state index contributed by atoms with van der Waals surface area (Å²) in [6.07, 6.45) is 5.01. The highest BCUT2D eigenvalue weighted by atomic mass is 16.5. The third-order valence-electron chi connectivity index (χ3n) is 6.95. The molecule has 3 heterocycles. The first kappa shape index (κ1) is 21.4. The molecule has 2 aliphatic rings. The Hall–Kier alpha value is -3.41. The van der Waals surface area contributed by atoms with E-state index in [-0.39, 0.29) is 29.5 Å². The number of rotatable bonds is 6. The molecule has 6 heteroatoms. The van der Waals surface area contributed by atoms with Crippen molar-refractivity contribution in [2.24, 2.45) is 5.92 Å². The highest BCUT2D eigenvalue weighted by molar-refractivity contribution is 5.95. The Morgan fingerprint density at radius 1 is 1.12 bits per heavy atom. The molecule has 2 bridgehead atoms. The van der Waals surface area contributed by atoms with Gasteiger partial charge in [-0.3, -0.25) is 14.6 Å². The molecule has 2 unspecified atom stereocenters. The Labute approximate surface area is 193 Å². The molecule has 1 aliphatic carbocycles. The van der Waals surface area contributed by atoms with E-state index >= 15 is 0 Å². The number of hydrogen-bond acceptors (Lipinski definition) is 4. The maximum absolute atomic E-state index is 13.7. The minimum Gasteiger partial charge on any atom is -0.487 e. The van der Waals surface area contributed by atoms with Gasteiger partial charge in [0, 0.05) is 30.5 Å². The van der Waals surface area contributed by atoms with Crippen LogP contribution in [0.3, 0.4) is 0 Å². The van der Waals surface area contributed by atoms with Gasteiger partial charge in [-0.05, 0) is 63.3 Å². The predicted octanol–water partition coefficient (Wildman–Crippen LogP) is 4.11. The summed E-state index contributed by atoms with van der Waals surface area (Å²) >= 11 is 0. The standard InChI is InChI=1S/C27H29N3O3/c1-18-6-10-23(11-7-18)33-17-24-26(27(32)30-15-20-8-9-22(30)14-20)25(31)13-19(2)29(24)16-21-5-3-4-12-28-21/h3-7,10-13,20,22H,8-9,14-17H2,1-2H3. The fourth-order valence-corrected chi connectivity index (χ4v) is 5.19. The average molecular weight is 444 g/mol. The number of ether oxygens (including phenoxy) is 1. The smallest absolute Gasteiger partial charge is 0.260 e. The van der Waals surface area contributed by atoms with Crippen molar-refractivity contribution in [3.63, 3.8) is 0 Å². The first-order valence-corrected chi connectivity index (χ1v) is 11.6. The van der Waals surface area contributed by atoms with Crippen molar-refractivity contribution in [2.45, 2.75) is 52.3 Å². The number of pyridine rings is 2. The Bertz CT molecular complexity index is 1220. The summed E-state index contributed by atoms with van der Waals surface area (Å²) in [7, 11) is 0. The quantitative estimate of drug-likeness (QED) is 0.575. The molecule has 0 radical (unpaired) electrons. The van der Waals surface area contributed by atoms with Crippen LogP contribution in [0.4, 0.5) is 0 Å². The van der Waals surface area contributed by atoms with Crippen molar-refractivity contribution in [3.05, 3.63) is 93.2 Å². The predicted molar refractivity (Wildman–Crippen MR) is 126 cm³/mol. The third-order valence-corrected chi connectivity index (χ3v) is 6.95. The summed E-state index contributed by atoms with van der Waals surface area (Å²) in [5, 5.41) is 0. The summed E-state index contributed by atoms with van der Waals surface area (Å²) in [5.74, 6) is 1.11. The van der Waals surface area contributed by atoms with Crippen LogP contribution >= 0.6 is 0 Å². The molecule has 2 fully saturated rings. The molecule has 1 amide bonds. The van der Waals surface area contributed by atoms with E-state index in [2.05, 4.69) is 4.98 Å². The van der Waals surface area contributed by atoms with Crippen LogP contribution in [0.5, 0.6) is 5.75 Å². The van der Waals surface area contributed by atoms with Crippen LogP contribution in [-0.4, -0.2) is 32.9 Å². The Balaban J connectivity index is 1.55. The molecule has 5 rings (SSSR count). The molecule has 1 saturated heterocycles. The second kappa shape index (κ2) is 8.85. The van der Waals surface area contributed by atoms with Crippen LogP contribution in [0.2, 0.25) is 0 Å². The van der Waals surface area contributed by atoms with E-state index in [0.717, 1.165) is 36.3 Å². The molecule has 1 aromatic carbocycles. The third kappa shape index (κ3) is 4.30. The normalized spacial score (nSPS) is 19.2. The first-order chi connectivity index (χ1) is 16.0. The van der Waals surface area contributed by atoms with Crippen molar-refractivity contribution in [2.75, 3.05) is 6.54 Å². The summed E-state index contributed by atoms with van der Waals surface area (Å²) in [4.78, 5) is 33.3. The number of carbonyl (C=O) groups is 1. The lowest BCUT2D eigenvalue weighted by molar-refractivity contribution is 0.0697. The van der Waals surface area contributed by atoms with Crippen LogP contribution < -0.4 is 10.2 Å². The lowest BCUT2D eigenvalue weighted by Crippen LogP contribution is -2.41. The maximum atomic E-state index is 13.7. The van der Waals surface area contributed by atoms with Gasteiger partial charge in [0.1, 0.15) is 17.9 Å². The van der Waals surface area contributed by atoms with Gasteiger partial charge in [0.05, 0.1) is 17.9 Å². The highest BCUT2D eigenvalue weighted by Gasteiger charge is 2.41. The van der Waals surface area contributed by atoms with Gasteiger partial charge in [-0.25, -0.2) is 0 Å². The topological polar surface area (TPSA) is 64.4 Å². The molecule has 1 aliphatic heterocycles. The van der Waals surface area contributed by atoms with Gasteiger partial charge >= 0.3 is 0 Å². The molecule has 0 N–H and O–H groups in total. The van der Waals surface area contributed by atoms with Crippen molar-refractivity contribution >= 4 is 5.91 Å². The Morgan fingerprint density at radius 2 is 1.94 bits per heavy atom. The summed E-state index contributed by atoms with van der Waals surface area (Å²) < 4.78 is 8.10. The van der Waals surface area contributed by atoms with E-state index in [0.29, 0.717) is 23.9 Å². The van der Waals surface area contributed by atoms with E-state index in [1.807, 2.05) is 65.8 Å². The molecule has 0 spiro atoms. The highest BCUT2D eigenvalue weighted by Crippen LogP contribution is 2.38. The number of nitrogens with zero attached hydrogens (tertiary/aromatic N) is 3. The number of carbonyl (C=O) groups excluding carboxylic acids is 1. The van der Waals surface area contributed by atoms with Gasteiger partial charge in [-0.2, -0.15) is 0 Å². The number of benzene rings is 1. The Kier molecular flexibility index (Phi) is 5.75. The molecular weight excluding hydrogens is 414 g/mol. The van der Waals surface area contributed by atoms with Crippen molar-refractivity contribution < 1.29 is 9.53 Å². The molecule has 3 aromatic rings. The fourth-order valence-electron chi connectivity index (χ4n) is 5.19. The van der Waals surface area contributed by atoms with E-state index in [4.69, 9.17) is 4.74 Å². The molecule has 2 atom stereocenters. The van der Waals surface area contributed by atoms with Crippen molar-refractivity contribution in [1.82, 2.24) is 14.5 Å². The molecule has 6 nitrogen and oxygen atoms in total. The lowest BCUT2D eigenvalue weighted by atomic mass is 10.1. The molecule has 2 aromatic heterocycles. The fraction of sp³-hybridized carbons (Fsp3) is 0.370. The molecule has 170 valence electrons. The first-order valence-electron chi connectivity index (χ1n) is 11.6. The minimum atomic E-state index is -0.236. The second-order valence-corrected chi connectivity index (χ2v) is 9.27. The number of fused-ring (bicyclic) bond motifs is 2. The summed E-state index contributed by atoms with van der Waals surface area (Å²) in [6, 6.07) is 15.4. The van der Waals surface area contributed by atoms with Gasteiger partial charge in [-0.15, -0.1) is 0 Å². The number of likely N-dealkylation sites (tertiary alicyclic amines) is 1.